The molecule has 0 bridgehead atoms. The summed E-state index contributed by atoms with van der Waals surface area (Å²) in [6.07, 6.45) is 3.66. The lowest BCUT2D eigenvalue weighted by atomic mass is 9.93. The monoisotopic (exact) mass is 321 g/mol. The number of carbonyl (C=O) groups is 2. The van der Waals surface area contributed by atoms with Gasteiger partial charge in [-0.15, -0.1) is 0 Å². The van der Waals surface area contributed by atoms with Gasteiger partial charge in [0.1, 0.15) is 5.82 Å². The molecule has 1 aromatic carbocycles. The predicted molar refractivity (Wildman–Crippen MR) is 85.7 cm³/mol. The highest BCUT2D eigenvalue weighted by Crippen LogP contribution is 2.26. The van der Waals surface area contributed by atoms with Crippen LogP contribution in [-0.2, 0) is 9.59 Å². The minimum atomic E-state index is -0.831. The zero-order chi connectivity index (χ0) is 16.8. The molecular weight excluding hydrogens is 297 g/mol. The molecule has 1 heterocycles. The van der Waals surface area contributed by atoms with Gasteiger partial charge in [0.25, 0.3) is 0 Å². The molecule has 1 saturated heterocycles. The average molecular weight is 321 g/mol. The fourth-order valence-corrected chi connectivity index (χ4v) is 3.28. The first-order chi connectivity index (χ1) is 11.0. The van der Waals surface area contributed by atoms with E-state index in [4.69, 9.17) is 5.11 Å². The second-order valence-corrected chi connectivity index (χ2v) is 6.30. The van der Waals surface area contributed by atoms with Crippen molar-refractivity contribution in [1.82, 2.24) is 4.90 Å². The lowest BCUT2D eigenvalue weighted by molar-refractivity contribution is -0.140. The number of amides is 1. The van der Waals surface area contributed by atoms with Crippen LogP contribution in [0.5, 0.6) is 0 Å². The number of hydrogen-bond donors (Lipinski definition) is 1. The molecule has 0 saturated carbocycles. The van der Waals surface area contributed by atoms with E-state index in [9.17, 15) is 14.0 Å². The Bertz CT molecular complexity index is 561. The maximum Gasteiger partial charge on any atom is 0.303 e. The number of carboxylic acids is 1. The minimum absolute atomic E-state index is 0.000158. The first kappa shape index (κ1) is 17.4. The van der Waals surface area contributed by atoms with E-state index in [1.807, 2.05) is 11.8 Å². The van der Waals surface area contributed by atoms with Gasteiger partial charge >= 0.3 is 5.97 Å². The summed E-state index contributed by atoms with van der Waals surface area (Å²) in [7, 11) is 0. The molecule has 2 unspecified atom stereocenters. The number of carbonyl (C=O) groups excluding carboxylic acids is 1. The number of hydrogen-bond acceptors (Lipinski definition) is 2. The van der Waals surface area contributed by atoms with Crippen LogP contribution in [-0.4, -0.2) is 34.5 Å². The maximum atomic E-state index is 13.8. The zero-order valence-corrected chi connectivity index (χ0v) is 13.5. The van der Waals surface area contributed by atoms with Gasteiger partial charge in [-0.2, -0.15) is 0 Å². The molecule has 2 atom stereocenters. The van der Waals surface area contributed by atoms with Crippen molar-refractivity contribution in [2.45, 2.75) is 57.4 Å². The van der Waals surface area contributed by atoms with E-state index in [2.05, 4.69) is 0 Å². The Morgan fingerprint density at radius 2 is 2.09 bits per heavy atom. The summed E-state index contributed by atoms with van der Waals surface area (Å²) >= 11 is 0. The highest BCUT2D eigenvalue weighted by molar-refractivity contribution is 5.77. The summed E-state index contributed by atoms with van der Waals surface area (Å²) in [5.74, 6) is -1.31. The summed E-state index contributed by atoms with van der Waals surface area (Å²) in [5.41, 5.74) is 0.556. The fourth-order valence-electron chi connectivity index (χ4n) is 3.28. The van der Waals surface area contributed by atoms with Crippen molar-refractivity contribution in [3.63, 3.8) is 0 Å². The highest BCUT2D eigenvalue weighted by atomic mass is 19.1. The molecule has 5 heteroatoms. The SMILES string of the molecule is CC(CC(=O)N1CCCCC1CCC(=O)O)c1ccccc1F. The maximum absolute atomic E-state index is 13.8. The van der Waals surface area contributed by atoms with Crippen molar-refractivity contribution in [2.75, 3.05) is 6.54 Å². The molecular formula is C18H24FNO3. The third-order valence-electron chi connectivity index (χ3n) is 4.56. The Labute approximate surface area is 136 Å². The van der Waals surface area contributed by atoms with Crippen LogP contribution in [0, 0.1) is 5.82 Å². The van der Waals surface area contributed by atoms with Gasteiger partial charge in [0, 0.05) is 25.4 Å². The Morgan fingerprint density at radius 1 is 1.35 bits per heavy atom. The zero-order valence-electron chi connectivity index (χ0n) is 13.5. The van der Waals surface area contributed by atoms with Gasteiger partial charge in [0.15, 0.2) is 0 Å². The molecule has 1 N–H and O–H groups in total. The minimum Gasteiger partial charge on any atom is -0.481 e. The third kappa shape index (κ3) is 4.78. The number of aliphatic carboxylic acids is 1. The summed E-state index contributed by atoms with van der Waals surface area (Å²) in [5, 5.41) is 8.85. The Hall–Kier alpha value is -1.91. The molecule has 23 heavy (non-hydrogen) atoms. The predicted octanol–water partition coefficient (Wildman–Crippen LogP) is 3.57. The van der Waals surface area contributed by atoms with Crippen LogP contribution in [0.1, 0.15) is 56.9 Å². The lowest BCUT2D eigenvalue weighted by Gasteiger charge is -2.36. The smallest absolute Gasteiger partial charge is 0.303 e. The molecule has 1 aromatic rings. The van der Waals surface area contributed by atoms with Crippen LogP contribution in [0.25, 0.3) is 0 Å². The number of carboxylic acid groups (broad SMARTS) is 1. The van der Waals surface area contributed by atoms with Crippen LogP contribution in [0.2, 0.25) is 0 Å². The van der Waals surface area contributed by atoms with E-state index in [1.54, 1.807) is 18.2 Å². The molecule has 2 rings (SSSR count). The number of piperidine rings is 1. The molecule has 1 aliphatic heterocycles. The van der Waals surface area contributed by atoms with Crippen molar-refractivity contribution in [3.8, 4) is 0 Å². The van der Waals surface area contributed by atoms with Gasteiger partial charge in [-0.25, -0.2) is 4.39 Å². The van der Waals surface area contributed by atoms with Crippen LogP contribution in [0.4, 0.5) is 4.39 Å². The number of likely N-dealkylation sites (tertiary alicyclic amines) is 1. The summed E-state index contributed by atoms with van der Waals surface area (Å²) in [6, 6.07) is 6.54. The number of rotatable bonds is 6. The second-order valence-electron chi connectivity index (χ2n) is 6.30. The first-order valence-electron chi connectivity index (χ1n) is 8.24. The first-order valence-corrected chi connectivity index (χ1v) is 8.24. The van der Waals surface area contributed by atoms with Gasteiger partial charge in [-0.1, -0.05) is 25.1 Å². The molecule has 4 nitrogen and oxygen atoms in total. The lowest BCUT2D eigenvalue weighted by Crippen LogP contribution is -2.44. The van der Waals surface area contributed by atoms with E-state index in [0.717, 1.165) is 19.3 Å². The van der Waals surface area contributed by atoms with Crippen LogP contribution in [0.15, 0.2) is 24.3 Å². The van der Waals surface area contributed by atoms with Gasteiger partial charge in [0.05, 0.1) is 0 Å². The van der Waals surface area contributed by atoms with E-state index < -0.39 is 5.97 Å². The van der Waals surface area contributed by atoms with Crippen molar-refractivity contribution in [3.05, 3.63) is 35.6 Å². The normalized spacial score (nSPS) is 19.4. The Balaban J connectivity index is 1.99. The fraction of sp³-hybridized carbons (Fsp3) is 0.556. The van der Waals surface area contributed by atoms with E-state index >= 15 is 0 Å². The molecule has 0 aromatic heterocycles. The third-order valence-corrected chi connectivity index (χ3v) is 4.56. The molecule has 0 radical (unpaired) electrons. The number of halogens is 1. The summed E-state index contributed by atoms with van der Waals surface area (Å²) in [4.78, 5) is 25.2. The van der Waals surface area contributed by atoms with Gasteiger partial charge in [-0.3, -0.25) is 9.59 Å². The topological polar surface area (TPSA) is 57.6 Å². The van der Waals surface area contributed by atoms with Crippen molar-refractivity contribution < 1.29 is 19.1 Å². The van der Waals surface area contributed by atoms with Crippen molar-refractivity contribution in [1.29, 1.82) is 0 Å². The number of nitrogens with zero attached hydrogens (tertiary/aromatic N) is 1. The summed E-state index contributed by atoms with van der Waals surface area (Å²) in [6.45, 7) is 2.53. The Morgan fingerprint density at radius 3 is 2.78 bits per heavy atom. The molecule has 126 valence electrons. The van der Waals surface area contributed by atoms with Crippen LogP contribution < -0.4 is 0 Å². The van der Waals surface area contributed by atoms with E-state index in [-0.39, 0.29) is 36.5 Å². The van der Waals surface area contributed by atoms with Gasteiger partial charge in [-0.05, 0) is 43.2 Å². The number of benzene rings is 1. The second kappa shape index (κ2) is 8.09. The average Bonchev–Trinajstić information content (AvgIpc) is 2.53. The van der Waals surface area contributed by atoms with Gasteiger partial charge in [0.2, 0.25) is 5.91 Å². The molecule has 0 spiro atoms. The van der Waals surface area contributed by atoms with E-state index in [0.29, 0.717) is 18.5 Å². The molecule has 1 amide bonds. The molecule has 0 aliphatic carbocycles. The molecule has 1 aliphatic rings. The van der Waals surface area contributed by atoms with Crippen LogP contribution >= 0.6 is 0 Å². The quantitative estimate of drug-likeness (QED) is 0.871. The standard InChI is InChI=1S/C18H24FNO3/c1-13(15-7-2-3-8-16(15)19)12-17(21)20-11-5-4-6-14(20)9-10-18(22)23/h2-3,7-8,13-14H,4-6,9-12H2,1H3,(H,22,23). The van der Waals surface area contributed by atoms with E-state index in [1.165, 1.54) is 6.07 Å². The largest absolute Gasteiger partial charge is 0.481 e. The van der Waals surface area contributed by atoms with Crippen molar-refractivity contribution in [2.24, 2.45) is 0 Å². The van der Waals surface area contributed by atoms with Gasteiger partial charge < -0.3 is 10.0 Å². The Kier molecular flexibility index (Phi) is 6.13. The van der Waals surface area contributed by atoms with Crippen LogP contribution in [0.3, 0.4) is 0 Å². The van der Waals surface area contributed by atoms with Crippen molar-refractivity contribution >= 4 is 11.9 Å². The summed E-state index contributed by atoms with van der Waals surface area (Å²) < 4.78 is 13.8. The highest BCUT2D eigenvalue weighted by Gasteiger charge is 2.28. The molecule has 1 fully saturated rings.